The summed E-state index contributed by atoms with van der Waals surface area (Å²) >= 11 is 0. The van der Waals surface area contributed by atoms with E-state index in [-0.39, 0.29) is 0 Å². The van der Waals surface area contributed by atoms with Gasteiger partial charge in [0.25, 0.3) is 0 Å². The van der Waals surface area contributed by atoms with E-state index in [4.69, 9.17) is 0 Å². The van der Waals surface area contributed by atoms with Gasteiger partial charge in [-0.15, -0.1) is 0 Å². The van der Waals surface area contributed by atoms with Crippen molar-refractivity contribution in [2.75, 3.05) is 19.6 Å². The molecule has 1 aliphatic carbocycles. The second kappa shape index (κ2) is 8.92. The fraction of sp³-hybridized carbons (Fsp3) is 1.00. The molecule has 0 radical (unpaired) electrons. The van der Waals surface area contributed by atoms with E-state index in [1.165, 1.54) is 58.2 Å². The minimum absolute atomic E-state index is 0.717. The van der Waals surface area contributed by atoms with Gasteiger partial charge in [0.1, 0.15) is 0 Å². The van der Waals surface area contributed by atoms with E-state index in [1.807, 2.05) is 0 Å². The van der Waals surface area contributed by atoms with Crippen molar-refractivity contribution < 1.29 is 0 Å². The van der Waals surface area contributed by atoms with Crippen molar-refractivity contribution in [3.63, 3.8) is 0 Å². The van der Waals surface area contributed by atoms with Crippen LogP contribution in [0, 0.1) is 5.92 Å². The molecular weight excluding hydrogens is 220 g/mol. The van der Waals surface area contributed by atoms with Gasteiger partial charge in [0, 0.05) is 18.6 Å². The Hall–Kier alpha value is -0.0800. The van der Waals surface area contributed by atoms with Gasteiger partial charge in [0.2, 0.25) is 0 Å². The largest absolute Gasteiger partial charge is 0.314 e. The Morgan fingerprint density at radius 1 is 1.22 bits per heavy atom. The van der Waals surface area contributed by atoms with Crippen molar-refractivity contribution in [2.45, 2.75) is 78.3 Å². The minimum Gasteiger partial charge on any atom is -0.314 e. The zero-order chi connectivity index (χ0) is 13.4. The Bertz CT molecular complexity index is 199. The SMILES string of the molecule is CCCNC(CC)CCCN(CC1CC1)C(C)C. The van der Waals surface area contributed by atoms with E-state index in [1.54, 1.807) is 0 Å². The minimum atomic E-state index is 0.717. The second-order valence-electron chi connectivity index (χ2n) is 6.23. The first-order valence-electron chi connectivity index (χ1n) is 8.14. The van der Waals surface area contributed by atoms with E-state index >= 15 is 0 Å². The van der Waals surface area contributed by atoms with Gasteiger partial charge in [0.15, 0.2) is 0 Å². The van der Waals surface area contributed by atoms with Gasteiger partial charge in [-0.05, 0) is 71.4 Å². The molecule has 108 valence electrons. The topological polar surface area (TPSA) is 15.3 Å². The Balaban J connectivity index is 2.15. The van der Waals surface area contributed by atoms with Gasteiger partial charge in [-0.2, -0.15) is 0 Å². The molecule has 0 amide bonds. The van der Waals surface area contributed by atoms with Crippen LogP contribution >= 0.6 is 0 Å². The molecule has 2 heteroatoms. The van der Waals surface area contributed by atoms with Gasteiger partial charge in [-0.3, -0.25) is 0 Å². The third-order valence-electron chi connectivity index (χ3n) is 4.09. The van der Waals surface area contributed by atoms with Gasteiger partial charge >= 0.3 is 0 Å². The Morgan fingerprint density at radius 2 is 1.94 bits per heavy atom. The third-order valence-corrected chi connectivity index (χ3v) is 4.09. The fourth-order valence-electron chi connectivity index (χ4n) is 2.53. The fourth-order valence-corrected chi connectivity index (χ4v) is 2.53. The van der Waals surface area contributed by atoms with Crippen LogP contribution in [0.15, 0.2) is 0 Å². The van der Waals surface area contributed by atoms with E-state index < -0.39 is 0 Å². The van der Waals surface area contributed by atoms with Crippen LogP contribution in [-0.2, 0) is 0 Å². The number of nitrogens with one attached hydrogen (secondary N) is 1. The van der Waals surface area contributed by atoms with Crippen LogP contribution < -0.4 is 5.32 Å². The normalized spacial score (nSPS) is 17.7. The second-order valence-corrected chi connectivity index (χ2v) is 6.23. The summed E-state index contributed by atoms with van der Waals surface area (Å²) in [5.41, 5.74) is 0. The van der Waals surface area contributed by atoms with Gasteiger partial charge < -0.3 is 10.2 Å². The zero-order valence-electron chi connectivity index (χ0n) is 13.0. The van der Waals surface area contributed by atoms with Gasteiger partial charge in [-0.1, -0.05) is 13.8 Å². The molecule has 1 fully saturated rings. The van der Waals surface area contributed by atoms with Crippen LogP contribution in [0.4, 0.5) is 0 Å². The standard InChI is InChI=1S/C16H34N2/c1-5-11-17-16(6-2)8-7-12-18(14(3)4)13-15-9-10-15/h14-17H,5-13H2,1-4H3. The summed E-state index contributed by atoms with van der Waals surface area (Å²) in [6.07, 6.45) is 8.14. The predicted molar refractivity (Wildman–Crippen MR) is 81.0 cm³/mol. The van der Waals surface area contributed by atoms with Crippen molar-refractivity contribution in [1.29, 1.82) is 0 Å². The number of rotatable bonds is 11. The van der Waals surface area contributed by atoms with E-state index in [0.29, 0.717) is 6.04 Å². The zero-order valence-corrected chi connectivity index (χ0v) is 13.0. The molecule has 1 rings (SSSR count). The maximum atomic E-state index is 3.66. The first-order chi connectivity index (χ1) is 8.67. The molecule has 2 nitrogen and oxygen atoms in total. The molecule has 0 saturated heterocycles. The summed E-state index contributed by atoms with van der Waals surface area (Å²) in [5.74, 6) is 1.02. The summed E-state index contributed by atoms with van der Waals surface area (Å²) in [6, 6.07) is 1.45. The van der Waals surface area contributed by atoms with Crippen LogP contribution in [-0.4, -0.2) is 36.6 Å². The summed E-state index contributed by atoms with van der Waals surface area (Å²) in [6.45, 7) is 13.0. The average molecular weight is 254 g/mol. The highest BCUT2D eigenvalue weighted by atomic mass is 15.1. The maximum absolute atomic E-state index is 3.66. The van der Waals surface area contributed by atoms with E-state index in [9.17, 15) is 0 Å². The molecule has 0 aromatic carbocycles. The van der Waals surface area contributed by atoms with E-state index in [2.05, 4.69) is 37.9 Å². The van der Waals surface area contributed by atoms with Crippen LogP contribution in [0.25, 0.3) is 0 Å². The van der Waals surface area contributed by atoms with Crippen molar-refractivity contribution in [1.82, 2.24) is 10.2 Å². The number of hydrogen-bond donors (Lipinski definition) is 1. The lowest BCUT2D eigenvalue weighted by Gasteiger charge is -2.27. The highest BCUT2D eigenvalue weighted by molar-refractivity contribution is 4.79. The molecule has 1 N–H and O–H groups in total. The summed E-state index contributed by atoms with van der Waals surface area (Å²) in [7, 11) is 0. The van der Waals surface area contributed by atoms with Crippen LogP contribution in [0.5, 0.6) is 0 Å². The van der Waals surface area contributed by atoms with Crippen LogP contribution in [0.3, 0.4) is 0 Å². The van der Waals surface area contributed by atoms with Crippen LogP contribution in [0.1, 0.15) is 66.2 Å². The third kappa shape index (κ3) is 6.75. The smallest absolute Gasteiger partial charge is 0.00649 e. The predicted octanol–water partition coefficient (Wildman–Crippen LogP) is 3.67. The highest BCUT2D eigenvalue weighted by Gasteiger charge is 2.25. The summed E-state index contributed by atoms with van der Waals surface area (Å²) in [5, 5.41) is 3.66. The lowest BCUT2D eigenvalue weighted by molar-refractivity contribution is 0.205. The molecule has 0 heterocycles. The molecule has 1 aliphatic rings. The lowest BCUT2D eigenvalue weighted by Crippen LogP contribution is -2.35. The number of hydrogen-bond acceptors (Lipinski definition) is 2. The van der Waals surface area contributed by atoms with Gasteiger partial charge in [0.05, 0.1) is 0 Å². The summed E-state index contributed by atoms with van der Waals surface area (Å²) in [4.78, 5) is 2.68. The monoisotopic (exact) mass is 254 g/mol. The molecule has 0 aromatic heterocycles. The molecule has 0 spiro atoms. The van der Waals surface area contributed by atoms with Crippen molar-refractivity contribution >= 4 is 0 Å². The maximum Gasteiger partial charge on any atom is 0.00649 e. The Morgan fingerprint density at radius 3 is 2.44 bits per heavy atom. The Labute approximate surface area is 115 Å². The molecular formula is C16H34N2. The van der Waals surface area contributed by atoms with Crippen LogP contribution in [0.2, 0.25) is 0 Å². The first kappa shape index (κ1) is 16.0. The molecule has 1 atom stereocenters. The first-order valence-corrected chi connectivity index (χ1v) is 8.14. The van der Waals surface area contributed by atoms with E-state index in [0.717, 1.165) is 12.0 Å². The van der Waals surface area contributed by atoms with Gasteiger partial charge in [-0.25, -0.2) is 0 Å². The molecule has 1 saturated carbocycles. The molecule has 0 bridgehead atoms. The number of nitrogens with zero attached hydrogens (tertiary/aromatic N) is 1. The van der Waals surface area contributed by atoms with Crippen molar-refractivity contribution in [3.05, 3.63) is 0 Å². The summed E-state index contributed by atoms with van der Waals surface area (Å²) < 4.78 is 0. The average Bonchev–Trinajstić information content (AvgIpc) is 3.15. The Kier molecular flexibility index (Phi) is 7.92. The molecule has 0 aromatic rings. The van der Waals surface area contributed by atoms with Crippen molar-refractivity contribution in [3.8, 4) is 0 Å². The van der Waals surface area contributed by atoms with Crippen molar-refractivity contribution in [2.24, 2.45) is 5.92 Å². The highest BCUT2D eigenvalue weighted by Crippen LogP contribution is 2.30. The molecule has 0 aliphatic heterocycles. The lowest BCUT2D eigenvalue weighted by atomic mass is 10.1. The quantitative estimate of drug-likeness (QED) is 0.605. The molecule has 18 heavy (non-hydrogen) atoms. The molecule has 1 unspecified atom stereocenters.